The van der Waals surface area contributed by atoms with Crippen LogP contribution in [-0.4, -0.2) is 32.5 Å². The molecule has 4 N–H and O–H groups in total. The summed E-state index contributed by atoms with van der Waals surface area (Å²) in [4.78, 5) is 11.4. The number of phenols is 4. The van der Waals surface area contributed by atoms with Gasteiger partial charge in [0.1, 0.15) is 23.4 Å². The number of fused-ring (bicyclic) bond motifs is 1. The highest BCUT2D eigenvalue weighted by molar-refractivity contribution is 5.66. The fourth-order valence-electron chi connectivity index (χ4n) is 2.76. The first-order valence-electron chi connectivity index (χ1n) is 7.25. The van der Waals surface area contributed by atoms with Crippen molar-refractivity contribution in [1.29, 1.82) is 0 Å². The molecule has 0 spiro atoms. The molecule has 0 unspecified atom stereocenters. The van der Waals surface area contributed by atoms with Crippen molar-refractivity contribution in [3.8, 4) is 28.7 Å². The summed E-state index contributed by atoms with van der Waals surface area (Å²) in [5, 5.41) is 38.7. The third-order valence-corrected chi connectivity index (χ3v) is 3.81. The van der Waals surface area contributed by atoms with E-state index in [0.717, 1.165) is 0 Å². The number of hydrogen-bond acceptors (Lipinski definition) is 7. The van der Waals surface area contributed by atoms with Gasteiger partial charge >= 0.3 is 5.97 Å². The van der Waals surface area contributed by atoms with Crippen molar-refractivity contribution in [3.05, 3.63) is 41.5 Å². The first-order valence-corrected chi connectivity index (χ1v) is 7.25. The van der Waals surface area contributed by atoms with Crippen molar-refractivity contribution in [1.82, 2.24) is 0 Å². The van der Waals surface area contributed by atoms with E-state index < -0.39 is 18.2 Å². The highest BCUT2D eigenvalue weighted by Gasteiger charge is 2.35. The Morgan fingerprint density at radius 2 is 1.83 bits per heavy atom. The van der Waals surface area contributed by atoms with Gasteiger partial charge in [0.25, 0.3) is 0 Å². The van der Waals surface area contributed by atoms with Crippen molar-refractivity contribution < 1.29 is 34.7 Å². The van der Waals surface area contributed by atoms with E-state index in [1.807, 2.05) is 0 Å². The summed E-state index contributed by atoms with van der Waals surface area (Å²) in [6, 6.07) is 6.67. The van der Waals surface area contributed by atoms with Crippen LogP contribution in [0.15, 0.2) is 30.3 Å². The van der Waals surface area contributed by atoms with Crippen LogP contribution in [0.4, 0.5) is 0 Å². The van der Waals surface area contributed by atoms with Gasteiger partial charge in [0.15, 0.2) is 17.6 Å². The minimum atomic E-state index is -0.769. The Balaban J connectivity index is 2.04. The van der Waals surface area contributed by atoms with E-state index in [0.29, 0.717) is 11.1 Å². The lowest BCUT2D eigenvalue weighted by molar-refractivity contribution is -0.152. The molecule has 126 valence electrons. The topological polar surface area (TPSA) is 116 Å². The zero-order chi connectivity index (χ0) is 17.4. The van der Waals surface area contributed by atoms with Crippen LogP contribution in [0.25, 0.3) is 0 Å². The quantitative estimate of drug-likeness (QED) is 0.491. The number of hydrogen-bond donors (Lipinski definition) is 4. The molecule has 0 saturated heterocycles. The van der Waals surface area contributed by atoms with Gasteiger partial charge in [0.05, 0.1) is 0 Å². The van der Waals surface area contributed by atoms with Gasteiger partial charge in [-0.15, -0.1) is 0 Å². The molecular weight excluding hydrogens is 316 g/mol. The van der Waals surface area contributed by atoms with Gasteiger partial charge in [-0.3, -0.25) is 4.79 Å². The van der Waals surface area contributed by atoms with Gasteiger partial charge in [-0.2, -0.15) is 0 Å². The molecular formula is C17H16O7. The summed E-state index contributed by atoms with van der Waals surface area (Å²) in [6.07, 6.45) is -1.34. The Morgan fingerprint density at radius 1 is 1.08 bits per heavy atom. The smallest absolute Gasteiger partial charge is 0.303 e. The molecule has 3 rings (SSSR count). The monoisotopic (exact) mass is 332 g/mol. The van der Waals surface area contributed by atoms with Crippen LogP contribution in [0.3, 0.4) is 0 Å². The average molecular weight is 332 g/mol. The number of carbonyl (C=O) groups excluding carboxylic acids is 1. The Bertz CT molecular complexity index is 800. The molecule has 1 aliphatic heterocycles. The maximum atomic E-state index is 11.4. The number of ether oxygens (including phenoxy) is 2. The van der Waals surface area contributed by atoms with E-state index in [2.05, 4.69) is 0 Å². The molecule has 0 radical (unpaired) electrons. The summed E-state index contributed by atoms with van der Waals surface area (Å²) >= 11 is 0. The van der Waals surface area contributed by atoms with Gasteiger partial charge in [0.2, 0.25) is 0 Å². The third kappa shape index (κ3) is 2.88. The SMILES string of the molecule is CC(=O)O[C@@H]1Cc2c(O)cc(O)cc2O[C@H]1c1ccc(O)c(O)c1. The van der Waals surface area contributed by atoms with Gasteiger partial charge < -0.3 is 29.9 Å². The highest BCUT2D eigenvalue weighted by Crippen LogP contribution is 2.43. The zero-order valence-electron chi connectivity index (χ0n) is 12.8. The first kappa shape index (κ1) is 15.8. The number of esters is 1. The second-order valence-electron chi connectivity index (χ2n) is 5.58. The zero-order valence-corrected chi connectivity index (χ0v) is 12.8. The lowest BCUT2D eigenvalue weighted by atomic mass is 9.93. The fraction of sp³-hybridized carbons (Fsp3) is 0.235. The molecule has 0 aliphatic carbocycles. The molecule has 7 heteroatoms. The summed E-state index contributed by atoms with van der Waals surface area (Å²) in [7, 11) is 0. The molecule has 2 atom stereocenters. The molecule has 0 fully saturated rings. The molecule has 2 aromatic carbocycles. The van der Waals surface area contributed by atoms with Crippen LogP contribution in [0.2, 0.25) is 0 Å². The first-order chi connectivity index (χ1) is 11.3. The molecule has 0 amide bonds. The number of phenolic OH excluding ortho intramolecular Hbond substituents is 4. The van der Waals surface area contributed by atoms with Crippen molar-refractivity contribution in [2.45, 2.75) is 25.6 Å². The Kier molecular flexibility index (Phi) is 3.84. The van der Waals surface area contributed by atoms with Crippen molar-refractivity contribution >= 4 is 5.97 Å². The van der Waals surface area contributed by atoms with Gasteiger partial charge in [0, 0.05) is 36.6 Å². The van der Waals surface area contributed by atoms with Crippen LogP contribution in [0.5, 0.6) is 28.7 Å². The van der Waals surface area contributed by atoms with E-state index in [1.54, 1.807) is 0 Å². The van der Waals surface area contributed by atoms with Crippen molar-refractivity contribution in [3.63, 3.8) is 0 Å². The maximum absolute atomic E-state index is 11.4. The second-order valence-corrected chi connectivity index (χ2v) is 5.58. The standard InChI is InChI=1S/C17H16O7/c1-8(18)23-16-7-11-13(21)5-10(19)6-15(11)24-17(16)9-2-3-12(20)14(22)4-9/h2-6,16-17,19-22H,7H2,1H3/t16-,17+/m1/s1. The predicted molar refractivity (Wildman–Crippen MR) is 82.2 cm³/mol. The predicted octanol–water partition coefficient (Wildman–Crippen LogP) is 2.12. The molecule has 1 aliphatic rings. The minimum Gasteiger partial charge on any atom is -0.508 e. The summed E-state index contributed by atoms with van der Waals surface area (Å²) in [5.74, 6) is -1.19. The average Bonchev–Trinajstić information content (AvgIpc) is 2.49. The molecule has 0 saturated carbocycles. The van der Waals surface area contributed by atoms with E-state index in [-0.39, 0.29) is 35.2 Å². The normalized spacial score (nSPS) is 19.2. The van der Waals surface area contributed by atoms with Crippen LogP contribution in [-0.2, 0) is 16.0 Å². The lowest BCUT2D eigenvalue weighted by Gasteiger charge is -2.33. The molecule has 7 nitrogen and oxygen atoms in total. The van der Waals surface area contributed by atoms with E-state index in [9.17, 15) is 25.2 Å². The molecule has 0 aromatic heterocycles. The molecule has 0 bridgehead atoms. The van der Waals surface area contributed by atoms with Crippen LogP contribution >= 0.6 is 0 Å². The molecule has 1 heterocycles. The lowest BCUT2D eigenvalue weighted by Crippen LogP contribution is -2.34. The Labute approximate surface area is 137 Å². The molecule has 24 heavy (non-hydrogen) atoms. The highest BCUT2D eigenvalue weighted by atomic mass is 16.6. The van der Waals surface area contributed by atoms with Crippen LogP contribution in [0, 0.1) is 0 Å². The van der Waals surface area contributed by atoms with Gasteiger partial charge in [-0.1, -0.05) is 6.07 Å². The van der Waals surface area contributed by atoms with Gasteiger partial charge in [-0.05, 0) is 12.1 Å². The van der Waals surface area contributed by atoms with Crippen LogP contribution < -0.4 is 4.74 Å². The fourth-order valence-corrected chi connectivity index (χ4v) is 2.76. The number of aromatic hydroxyl groups is 4. The van der Waals surface area contributed by atoms with Crippen molar-refractivity contribution in [2.75, 3.05) is 0 Å². The third-order valence-electron chi connectivity index (χ3n) is 3.81. The molecule has 2 aromatic rings. The summed E-state index contributed by atoms with van der Waals surface area (Å²) in [5.41, 5.74) is 0.892. The Morgan fingerprint density at radius 3 is 2.50 bits per heavy atom. The number of carbonyl (C=O) groups is 1. The van der Waals surface area contributed by atoms with Gasteiger partial charge in [-0.25, -0.2) is 0 Å². The van der Waals surface area contributed by atoms with Crippen LogP contribution in [0.1, 0.15) is 24.2 Å². The minimum absolute atomic E-state index is 0.158. The largest absolute Gasteiger partial charge is 0.508 e. The van der Waals surface area contributed by atoms with E-state index in [4.69, 9.17) is 9.47 Å². The maximum Gasteiger partial charge on any atom is 0.303 e. The second kappa shape index (κ2) is 5.84. The van der Waals surface area contributed by atoms with E-state index in [1.165, 1.54) is 37.3 Å². The summed E-state index contributed by atoms with van der Waals surface area (Å²) < 4.78 is 11.1. The number of benzene rings is 2. The Hall–Kier alpha value is -3.09. The number of rotatable bonds is 2. The van der Waals surface area contributed by atoms with E-state index >= 15 is 0 Å². The van der Waals surface area contributed by atoms with Crippen molar-refractivity contribution in [2.24, 2.45) is 0 Å². The summed E-state index contributed by atoms with van der Waals surface area (Å²) in [6.45, 7) is 1.26.